The molecule has 28 heavy (non-hydrogen) atoms. The summed E-state index contributed by atoms with van der Waals surface area (Å²) in [4.78, 5) is 36.0. The number of hydrogen-bond donors (Lipinski definition) is 2. The molecular formula is C20H20N2O6. The first kappa shape index (κ1) is 19.2. The van der Waals surface area contributed by atoms with Crippen molar-refractivity contribution in [1.29, 1.82) is 0 Å². The van der Waals surface area contributed by atoms with Crippen LogP contribution in [0.1, 0.15) is 23.2 Å². The third-order valence-corrected chi connectivity index (χ3v) is 4.07. The van der Waals surface area contributed by atoms with Gasteiger partial charge in [-0.1, -0.05) is 12.1 Å². The molecule has 0 atom stereocenters. The number of carbonyl (C=O) groups excluding carboxylic acids is 3. The number of amides is 2. The molecule has 0 radical (unpaired) electrons. The number of ether oxygens (including phenoxy) is 3. The van der Waals surface area contributed by atoms with E-state index in [0.29, 0.717) is 28.5 Å². The van der Waals surface area contributed by atoms with Gasteiger partial charge in [0.15, 0.2) is 17.3 Å². The Labute approximate surface area is 161 Å². The van der Waals surface area contributed by atoms with Crippen molar-refractivity contribution in [3.05, 3.63) is 48.0 Å². The molecule has 0 fully saturated rings. The van der Waals surface area contributed by atoms with Crippen LogP contribution in [-0.4, -0.2) is 38.0 Å². The molecule has 2 N–H and O–H groups in total. The molecule has 0 bridgehead atoms. The van der Waals surface area contributed by atoms with Crippen molar-refractivity contribution in [2.75, 3.05) is 25.8 Å². The Morgan fingerprint density at radius 3 is 2.64 bits per heavy atom. The second kappa shape index (κ2) is 8.90. The van der Waals surface area contributed by atoms with Crippen molar-refractivity contribution < 1.29 is 28.6 Å². The maximum Gasteiger partial charge on any atom is 0.243 e. The van der Waals surface area contributed by atoms with Crippen LogP contribution in [0.25, 0.3) is 0 Å². The van der Waals surface area contributed by atoms with Crippen LogP contribution in [0.3, 0.4) is 0 Å². The highest BCUT2D eigenvalue weighted by molar-refractivity contribution is 5.99. The third-order valence-electron chi connectivity index (χ3n) is 4.07. The monoisotopic (exact) mass is 384 g/mol. The first-order valence-corrected chi connectivity index (χ1v) is 8.68. The van der Waals surface area contributed by atoms with E-state index in [1.807, 2.05) is 0 Å². The maximum atomic E-state index is 12.2. The molecule has 8 nitrogen and oxygen atoms in total. The SMILES string of the molecule is COc1cccc(C(=O)CCC(=O)NCC(=O)Nc2ccc3c(c2)OCO3)c1. The molecule has 2 aromatic rings. The summed E-state index contributed by atoms with van der Waals surface area (Å²) < 4.78 is 15.5. The molecule has 1 heterocycles. The van der Waals surface area contributed by atoms with Crippen molar-refractivity contribution in [1.82, 2.24) is 5.32 Å². The van der Waals surface area contributed by atoms with E-state index in [-0.39, 0.29) is 43.8 Å². The minimum atomic E-state index is -0.383. The van der Waals surface area contributed by atoms with Crippen molar-refractivity contribution in [3.63, 3.8) is 0 Å². The molecule has 2 aromatic carbocycles. The van der Waals surface area contributed by atoms with Gasteiger partial charge in [-0.25, -0.2) is 0 Å². The van der Waals surface area contributed by atoms with E-state index in [9.17, 15) is 14.4 Å². The third kappa shape index (κ3) is 5.00. The summed E-state index contributed by atoms with van der Waals surface area (Å²) >= 11 is 0. The Bertz CT molecular complexity index is 896. The molecule has 0 unspecified atom stereocenters. The Kier molecular flexibility index (Phi) is 6.11. The average Bonchev–Trinajstić information content (AvgIpc) is 3.18. The fourth-order valence-electron chi connectivity index (χ4n) is 2.61. The molecule has 146 valence electrons. The van der Waals surface area contributed by atoms with Crippen molar-refractivity contribution in [2.24, 2.45) is 0 Å². The largest absolute Gasteiger partial charge is 0.497 e. The van der Waals surface area contributed by atoms with Gasteiger partial charge in [-0.3, -0.25) is 14.4 Å². The number of fused-ring (bicyclic) bond motifs is 1. The van der Waals surface area contributed by atoms with Gasteiger partial charge in [-0.2, -0.15) is 0 Å². The number of carbonyl (C=O) groups is 3. The van der Waals surface area contributed by atoms with Gasteiger partial charge < -0.3 is 24.8 Å². The van der Waals surface area contributed by atoms with E-state index in [4.69, 9.17) is 14.2 Å². The number of methoxy groups -OCH3 is 1. The zero-order chi connectivity index (χ0) is 19.9. The predicted octanol–water partition coefficient (Wildman–Crippen LogP) is 2.14. The van der Waals surface area contributed by atoms with Crippen molar-refractivity contribution >= 4 is 23.3 Å². The van der Waals surface area contributed by atoms with Gasteiger partial charge in [0, 0.05) is 30.2 Å². The number of anilines is 1. The molecule has 2 amide bonds. The molecule has 1 aliphatic rings. The number of ketones is 1. The summed E-state index contributed by atoms with van der Waals surface area (Å²) in [6, 6.07) is 11.8. The predicted molar refractivity (Wildman–Crippen MR) is 101 cm³/mol. The summed E-state index contributed by atoms with van der Waals surface area (Å²) in [5.74, 6) is 0.822. The summed E-state index contributed by atoms with van der Waals surface area (Å²) in [6.07, 6.45) is 0.0378. The molecule has 8 heteroatoms. The highest BCUT2D eigenvalue weighted by Crippen LogP contribution is 2.34. The van der Waals surface area contributed by atoms with Crippen molar-refractivity contribution in [2.45, 2.75) is 12.8 Å². The number of nitrogens with one attached hydrogen (secondary N) is 2. The number of rotatable bonds is 8. The van der Waals surface area contributed by atoms with E-state index in [1.54, 1.807) is 42.5 Å². The van der Waals surface area contributed by atoms with Crippen LogP contribution in [0.15, 0.2) is 42.5 Å². The number of Topliss-reactive ketones (excluding diaryl/α,β-unsaturated/α-hetero) is 1. The van der Waals surface area contributed by atoms with E-state index in [1.165, 1.54) is 7.11 Å². The van der Waals surface area contributed by atoms with Gasteiger partial charge in [0.05, 0.1) is 13.7 Å². The van der Waals surface area contributed by atoms with E-state index < -0.39 is 0 Å². The Hall–Kier alpha value is -3.55. The van der Waals surface area contributed by atoms with Gasteiger partial charge in [0.25, 0.3) is 0 Å². The highest BCUT2D eigenvalue weighted by Gasteiger charge is 2.15. The minimum absolute atomic E-state index is 0.00660. The Morgan fingerprint density at radius 2 is 1.82 bits per heavy atom. The lowest BCUT2D eigenvalue weighted by Gasteiger charge is -2.08. The lowest BCUT2D eigenvalue weighted by atomic mass is 10.1. The maximum absolute atomic E-state index is 12.2. The van der Waals surface area contributed by atoms with Crippen LogP contribution in [0.5, 0.6) is 17.2 Å². The molecule has 0 saturated heterocycles. The minimum Gasteiger partial charge on any atom is -0.497 e. The fraction of sp³-hybridized carbons (Fsp3) is 0.250. The Morgan fingerprint density at radius 1 is 1.00 bits per heavy atom. The summed E-state index contributed by atoms with van der Waals surface area (Å²) in [7, 11) is 1.52. The van der Waals surface area contributed by atoms with Gasteiger partial charge in [0.1, 0.15) is 5.75 Å². The van der Waals surface area contributed by atoms with Crippen LogP contribution >= 0.6 is 0 Å². The van der Waals surface area contributed by atoms with E-state index in [0.717, 1.165) is 0 Å². The normalized spacial score (nSPS) is 11.6. The molecule has 0 aromatic heterocycles. The van der Waals surface area contributed by atoms with Gasteiger partial charge >= 0.3 is 0 Å². The Balaban J connectivity index is 1.41. The topological polar surface area (TPSA) is 103 Å². The summed E-state index contributed by atoms with van der Waals surface area (Å²) in [5.41, 5.74) is 1.02. The standard InChI is InChI=1S/C20H20N2O6/c1-26-15-4-2-3-13(9-15)16(23)6-8-19(24)21-11-20(25)22-14-5-7-17-18(10-14)28-12-27-17/h2-5,7,9-10H,6,8,11-12H2,1H3,(H,21,24)(H,22,25). The zero-order valence-corrected chi connectivity index (χ0v) is 15.3. The quantitative estimate of drug-likeness (QED) is 0.676. The second-order valence-electron chi connectivity index (χ2n) is 6.05. The van der Waals surface area contributed by atoms with Crippen molar-refractivity contribution in [3.8, 4) is 17.2 Å². The summed E-state index contributed by atoms with van der Waals surface area (Å²) in [6.45, 7) is -0.0438. The number of benzene rings is 2. The lowest BCUT2D eigenvalue weighted by molar-refractivity contribution is -0.124. The van der Waals surface area contributed by atoms with Crippen LogP contribution < -0.4 is 24.8 Å². The summed E-state index contributed by atoms with van der Waals surface area (Å²) in [5, 5.41) is 5.16. The highest BCUT2D eigenvalue weighted by atomic mass is 16.7. The average molecular weight is 384 g/mol. The van der Waals surface area contributed by atoms with E-state index in [2.05, 4.69) is 10.6 Å². The van der Waals surface area contributed by atoms with Gasteiger partial charge in [-0.15, -0.1) is 0 Å². The number of hydrogen-bond acceptors (Lipinski definition) is 6. The first-order valence-electron chi connectivity index (χ1n) is 8.68. The van der Waals surface area contributed by atoms with Crippen LogP contribution in [0.2, 0.25) is 0 Å². The zero-order valence-electron chi connectivity index (χ0n) is 15.3. The smallest absolute Gasteiger partial charge is 0.243 e. The van der Waals surface area contributed by atoms with Crippen LogP contribution in [0.4, 0.5) is 5.69 Å². The van der Waals surface area contributed by atoms with Crippen LogP contribution in [-0.2, 0) is 9.59 Å². The molecule has 1 aliphatic heterocycles. The van der Waals surface area contributed by atoms with E-state index >= 15 is 0 Å². The second-order valence-corrected chi connectivity index (χ2v) is 6.05. The fourth-order valence-corrected chi connectivity index (χ4v) is 2.61. The van der Waals surface area contributed by atoms with Gasteiger partial charge in [-0.05, 0) is 24.3 Å². The van der Waals surface area contributed by atoms with Gasteiger partial charge in [0.2, 0.25) is 18.6 Å². The van der Waals surface area contributed by atoms with Crippen LogP contribution in [0, 0.1) is 0 Å². The molecule has 0 saturated carbocycles. The molecule has 0 aliphatic carbocycles. The molecular weight excluding hydrogens is 364 g/mol. The molecule has 0 spiro atoms. The first-order chi connectivity index (χ1) is 13.5. The molecule has 3 rings (SSSR count). The lowest BCUT2D eigenvalue weighted by Crippen LogP contribution is -2.33.